The maximum atomic E-state index is 13.3. The Balaban J connectivity index is 1.88. The van der Waals surface area contributed by atoms with E-state index < -0.39 is 0 Å². The SMILES string of the molecule is COCCNC(=S)N(Cc1ccc(F)cc1)Cc1cc2cccc(C)c2[nH]c1=O. The highest BCUT2D eigenvalue weighted by Gasteiger charge is 2.14. The number of fused-ring (bicyclic) bond motifs is 1. The molecule has 0 aliphatic rings. The van der Waals surface area contributed by atoms with Crippen LogP contribution in [0.1, 0.15) is 16.7 Å². The molecule has 0 aliphatic heterocycles. The summed E-state index contributed by atoms with van der Waals surface area (Å²) >= 11 is 5.55. The van der Waals surface area contributed by atoms with Crippen LogP contribution in [0.3, 0.4) is 0 Å². The van der Waals surface area contributed by atoms with E-state index >= 15 is 0 Å². The monoisotopic (exact) mass is 413 g/mol. The van der Waals surface area contributed by atoms with Gasteiger partial charge in [-0.05, 0) is 53.9 Å². The van der Waals surface area contributed by atoms with Gasteiger partial charge in [0.15, 0.2) is 5.11 Å². The smallest absolute Gasteiger partial charge is 0.253 e. The lowest BCUT2D eigenvalue weighted by molar-refractivity contribution is 0.202. The van der Waals surface area contributed by atoms with E-state index in [1.807, 2.05) is 36.1 Å². The quantitative estimate of drug-likeness (QED) is 0.459. The molecule has 3 rings (SSSR count). The zero-order chi connectivity index (χ0) is 20.8. The predicted molar refractivity (Wildman–Crippen MR) is 117 cm³/mol. The zero-order valence-corrected chi connectivity index (χ0v) is 17.3. The van der Waals surface area contributed by atoms with Crippen molar-refractivity contribution in [2.24, 2.45) is 0 Å². The number of aryl methyl sites for hydroxylation is 1. The van der Waals surface area contributed by atoms with Crippen molar-refractivity contribution < 1.29 is 9.13 Å². The number of rotatable bonds is 7. The number of H-pyrrole nitrogens is 1. The number of nitrogens with zero attached hydrogens (tertiary/aromatic N) is 1. The molecule has 0 atom stereocenters. The van der Waals surface area contributed by atoms with Crippen LogP contribution in [0, 0.1) is 12.7 Å². The van der Waals surface area contributed by atoms with Gasteiger partial charge < -0.3 is 19.9 Å². The van der Waals surface area contributed by atoms with E-state index in [0.717, 1.165) is 22.0 Å². The molecule has 0 saturated carbocycles. The lowest BCUT2D eigenvalue weighted by atomic mass is 10.1. The maximum Gasteiger partial charge on any atom is 0.253 e. The first kappa shape index (κ1) is 21.0. The number of methoxy groups -OCH3 is 1. The van der Waals surface area contributed by atoms with E-state index in [9.17, 15) is 9.18 Å². The number of hydrogen-bond donors (Lipinski definition) is 2. The Morgan fingerprint density at radius 3 is 2.69 bits per heavy atom. The highest BCUT2D eigenvalue weighted by Crippen LogP contribution is 2.17. The van der Waals surface area contributed by atoms with E-state index in [2.05, 4.69) is 10.3 Å². The van der Waals surface area contributed by atoms with Crippen molar-refractivity contribution in [2.75, 3.05) is 20.3 Å². The van der Waals surface area contributed by atoms with Gasteiger partial charge in [0.05, 0.1) is 18.7 Å². The third-order valence-corrected chi connectivity index (χ3v) is 5.08. The average Bonchev–Trinajstić information content (AvgIpc) is 2.70. The summed E-state index contributed by atoms with van der Waals surface area (Å²) in [6.45, 7) is 3.82. The Labute approximate surface area is 174 Å². The lowest BCUT2D eigenvalue weighted by Gasteiger charge is -2.26. The van der Waals surface area contributed by atoms with Crippen molar-refractivity contribution in [1.29, 1.82) is 0 Å². The molecule has 0 fully saturated rings. The van der Waals surface area contributed by atoms with Crippen molar-refractivity contribution in [3.8, 4) is 0 Å². The molecule has 0 radical (unpaired) electrons. The van der Waals surface area contributed by atoms with Crippen molar-refractivity contribution in [3.63, 3.8) is 0 Å². The van der Waals surface area contributed by atoms with Crippen molar-refractivity contribution in [2.45, 2.75) is 20.0 Å². The molecule has 7 heteroatoms. The second kappa shape index (κ2) is 9.62. The molecule has 0 saturated heterocycles. The fourth-order valence-corrected chi connectivity index (χ4v) is 3.36. The molecule has 2 aromatic carbocycles. The van der Waals surface area contributed by atoms with E-state index in [1.165, 1.54) is 12.1 Å². The number of hydrogen-bond acceptors (Lipinski definition) is 3. The number of ether oxygens (including phenoxy) is 1. The Morgan fingerprint density at radius 2 is 1.97 bits per heavy atom. The predicted octanol–water partition coefficient (Wildman–Crippen LogP) is 3.50. The third kappa shape index (κ3) is 5.40. The molecule has 2 N–H and O–H groups in total. The van der Waals surface area contributed by atoms with Crippen LogP contribution in [0.25, 0.3) is 10.9 Å². The number of thiocarbonyl (C=S) groups is 1. The minimum absolute atomic E-state index is 0.143. The highest BCUT2D eigenvalue weighted by molar-refractivity contribution is 7.80. The summed E-state index contributed by atoms with van der Waals surface area (Å²) < 4.78 is 18.3. The van der Waals surface area contributed by atoms with Gasteiger partial charge in [-0.2, -0.15) is 0 Å². The van der Waals surface area contributed by atoms with Gasteiger partial charge in [-0.15, -0.1) is 0 Å². The summed E-state index contributed by atoms with van der Waals surface area (Å²) in [5.41, 5.74) is 3.23. The van der Waals surface area contributed by atoms with Crippen LogP contribution >= 0.6 is 12.2 Å². The number of halogens is 1. The summed E-state index contributed by atoms with van der Waals surface area (Å²) in [6, 6.07) is 14.1. The molecule has 29 heavy (non-hydrogen) atoms. The average molecular weight is 414 g/mol. The summed E-state index contributed by atoms with van der Waals surface area (Å²) in [5, 5.41) is 4.63. The number of pyridine rings is 1. The summed E-state index contributed by atoms with van der Waals surface area (Å²) in [5.74, 6) is -0.289. The first-order valence-corrected chi connectivity index (χ1v) is 9.76. The third-order valence-electron chi connectivity index (χ3n) is 4.68. The molecule has 0 aliphatic carbocycles. The number of para-hydroxylation sites is 1. The maximum absolute atomic E-state index is 13.3. The molecule has 1 aromatic heterocycles. The van der Waals surface area contributed by atoms with Gasteiger partial charge in [-0.25, -0.2) is 4.39 Å². The van der Waals surface area contributed by atoms with Crippen LogP contribution in [-0.2, 0) is 17.8 Å². The molecule has 0 spiro atoms. The largest absolute Gasteiger partial charge is 0.383 e. The number of benzene rings is 2. The van der Waals surface area contributed by atoms with Gasteiger partial charge in [-0.3, -0.25) is 4.79 Å². The number of aromatic amines is 1. The molecule has 3 aromatic rings. The van der Waals surface area contributed by atoms with Crippen LogP contribution in [-0.4, -0.2) is 35.3 Å². The molecule has 1 heterocycles. The van der Waals surface area contributed by atoms with Crippen molar-refractivity contribution in [3.05, 3.63) is 81.4 Å². The first-order chi connectivity index (χ1) is 14.0. The fraction of sp³-hybridized carbons (Fsp3) is 0.273. The topological polar surface area (TPSA) is 57.4 Å². The van der Waals surface area contributed by atoms with Crippen LogP contribution in [0.2, 0.25) is 0 Å². The van der Waals surface area contributed by atoms with Gasteiger partial charge >= 0.3 is 0 Å². The molecule has 0 amide bonds. The molecule has 0 bridgehead atoms. The van der Waals surface area contributed by atoms with Crippen LogP contribution in [0.5, 0.6) is 0 Å². The van der Waals surface area contributed by atoms with Crippen LogP contribution in [0.15, 0.2) is 53.3 Å². The number of aromatic nitrogens is 1. The second-order valence-electron chi connectivity index (χ2n) is 6.87. The Bertz CT molecular complexity index is 1050. The summed E-state index contributed by atoms with van der Waals surface area (Å²) in [6.07, 6.45) is 0. The Hall–Kier alpha value is -2.77. The molecule has 0 unspecified atom stereocenters. The van der Waals surface area contributed by atoms with Gasteiger partial charge in [0.25, 0.3) is 5.56 Å². The van der Waals surface area contributed by atoms with Gasteiger partial charge in [0.1, 0.15) is 5.82 Å². The van der Waals surface area contributed by atoms with E-state index in [1.54, 1.807) is 19.2 Å². The van der Waals surface area contributed by atoms with E-state index in [4.69, 9.17) is 17.0 Å². The normalized spacial score (nSPS) is 10.9. The fourth-order valence-electron chi connectivity index (χ4n) is 3.13. The summed E-state index contributed by atoms with van der Waals surface area (Å²) in [7, 11) is 1.62. The Morgan fingerprint density at radius 1 is 1.21 bits per heavy atom. The molecular weight excluding hydrogens is 389 g/mol. The minimum Gasteiger partial charge on any atom is -0.383 e. The summed E-state index contributed by atoms with van der Waals surface area (Å²) in [4.78, 5) is 17.6. The Kier molecular flexibility index (Phi) is 6.95. The van der Waals surface area contributed by atoms with Gasteiger partial charge in [0, 0.05) is 25.8 Å². The van der Waals surface area contributed by atoms with Crippen LogP contribution in [0.4, 0.5) is 4.39 Å². The van der Waals surface area contributed by atoms with Crippen molar-refractivity contribution >= 4 is 28.2 Å². The van der Waals surface area contributed by atoms with Gasteiger partial charge in [-0.1, -0.05) is 30.3 Å². The zero-order valence-electron chi connectivity index (χ0n) is 16.5. The van der Waals surface area contributed by atoms with E-state index in [-0.39, 0.29) is 11.4 Å². The molecular formula is C22H24FN3O2S. The number of nitrogens with one attached hydrogen (secondary N) is 2. The van der Waals surface area contributed by atoms with Gasteiger partial charge in [0.2, 0.25) is 0 Å². The van der Waals surface area contributed by atoms with Crippen molar-refractivity contribution in [1.82, 2.24) is 15.2 Å². The second-order valence-corrected chi connectivity index (χ2v) is 7.26. The van der Waals surface area contributed by atoms with Crippen LogP contribution < -0.4 is 10.9 Å². The van der Waals surface area contributed by atoms with E-state index in [0.29, 0.717) is 36.9 Å². The minimum atomic E-state index is -0.289. The first-order valence-electron chi connectivity index (χ1n) is 9.35. The highest BCUT2D eigenvalue weighted by atomic mass is 32.1. The lowest BCUT2D eigenvalue weighted by Crippen LogP contribution is -2.41. The molecule has 5 nitrogen and oxygen atoms in total. The molecule has 152 valence electrons. The standard InChI is InChI=1S/C22H24FN3O2S/c1-15-4-3-5-17-12-18(21(27)25-20(15)17)14-26(22(29)24-10-11-28-2)13-16-6-8-19(23)9-7-16/h3-9,12H,10-11,13-14H2,1-2H3,(H,24,29)(H,25,27).